The third kappa shape index (κ3) is 5.93. The molecular formula is C16H32N2O2. The van der Waals surface area contributed by atoms with Crippen molar-refractivity contribution in [2.75, 3.05) is 19.6 Å². The molecule has 0 heterocycles. The lowest BCUT2D eigenvalue weighted by Crippen LogP contribution is -2.50. The summed E-state index contributed by atoms with van der Waals surface area (Å²) in [6, 6.07) is 0. The number of hydrogen-bond donors (Lipinski definition) is 1. The van der Waals surface area contributed by atoms with E-state index in [-0.39, 0.29) is 11.8 Å². The summed E-state index contributed by atoms with van der Waals surface area (Å²) in [6.07, 6.45) is 2.76. The molecule has 2 amide bonds. The van der Waals surface area contributed by atoms with Gasteiger partial charge in [0, 0.05) is 19.6 Å². The van der Waals surface area contributed by atoms with Crippen molar-refractivity contribution < 1.29 is 9.59 Å². The van der Waals surface area contributed by atoms with Crippen LogP contribution >= 0.6 is 0 Å². The molecule has 4 nitrogen and oxygen atoms in total. The molecule has 0 radical (unpaired) electrons. The molecule has 0 aromatic rings. The van der Waals surface area contributed by atoms with E-state index in [1.807, 2.05) is 18.7 Å². The molecule has 0 aliphatic rings. The van der Waals surface area contributed by atoms with Gasteiger partial charge in [-0.2, -0.15) is 0 Å². The minimum absolute atomic E-state index is 0.0664. The highest BCUT2D eigenvalue weighted by atomic mass is 16.2. The van der Waals surface area contributed by atoms with Crippen LogP contribution in [0.3, 0.4) is 0 Å². The highest BCUT2D eigenvalue weighted by Crippen LogP contribution is 2.20. The molecule has 0 aromatic heterocycles. The van der Waals surface area contributed by atoms with Gasteiger partial charge in [-0.05, 0) is 39.0 Å². The first kappa shape index (κ1) is 18.9. The van der Waals surface area contributed by atoms with Gasteiger partial charge in [0.25, 0.3) is 0 Å². The van der Waals surface area contributed by atoms with E-state index in [0.717, 1.165) is 32.4 Å². The standard InChI is InChI=1S/C16H32N2O2/c1-7-11-18(12-8-2)15(20)16(5,6)14(19)17-10-9-13(3)4/h13H,7-12H2,1-6H3,(H,17,19). The van der Waals surface area contributed by atoms with E-state index in [9.17, 15) is 9.59 Å². The van der Waals surface area contributed by atoms with Crippen molar-refractivity contribution in [2.24, 2.45) is 11.3 Å². The molecule has 0 saturated heterocycles. The fourth-order valence-electron chi connectivity index (χ4n) is 2.04. The maximum absolute atomic E-state index is 12.5. The third-order valence-corrected chi connectivity index (χ3v) is 3.38. The van der Waals surface area contributed by atoms with Crippen LogP contribution in [0.2, 0.25) is 0 Å². The Morgan fingerprint density at radius 1 is 1.10 bits per heavy atom. The van der Waals surface area contributed by atoms with Crippen molar-refractivity contribution in [1.82, 2.24) is 10.2 Å². The average molecular weight is 284 g/mol. The normalized spacial score (nSPS) is 11.6. The van der Waals surface area contributed by atoms with Crippen molar-refractivity contribution in [3.8, 4) is 0 Å². The number of carbonyl (C=O) groups is 2. The summed E-state index contributed by atoms with van der Waals surface area (Å²) >= 11 is 0. The lowest BCUT2D eigenvalue weighted by molar-refractivity contribution is -0.148. The third-order valence-electron chi connectivity index (χ3n) is 3.38. The topological polar surface area (TPSA) is 49.4 Å². The van der Waals surface area contributed by atoms with E-state index in [2.05, 4.69) is 19.2 Å². The van der Waals surface area contributed by atoms with Crippen LogP contribution in [0.1, 0.15) is 60.8 Å². The maximum atomic E-state index is 12.5. The smallest absolute Gasteiger partial charge is 0.237 e. The summed E-state index contributed by atoms with van der Waals surface area (Å²) in [7, 11) is 0. The van der Waals surface area contributed by atoms with Gasteiger partial charge >= 0.3 is 0 Å². The Balaban J connectivity index is 4.64. The Morgan fingerprint density at radius 2 is 1.60 bits per heavy atom. The van der Waals surface area contributed by atoms with Gasteiger partial charge in [0.1, 0.15) is 5.41 Å². The Hall–Kier alpha value is -1.06. The molecule has 4 heteroatoms. The van der Waals surface area contributed by atoms with Crippen molar-refractivity contribution in [2.45, 2.75) is 60.8 Å². The number of nitrogens with zero attached hydrogens (tertiary/aromatic N) is 1. The van der Waals surface area contributed by atoms with Gasteiger partial charge in [0.15, 0.2) is 0 Å². The molecule has 1 N–H and O–H groups in total. The van der Waals surface area contributed by atoms with Crippen LogP contribution in [0.4, 0.5) is 0 Å². The largest absolute Gasteiger partial charge is 0.355 e. The van der Waals surface area contributed by atoms with E-state index >= 15 is 0 Å². The molecule has 0 fully saturated rings. The minimum Gasteiger partial charge on any atom is -0.355 e. The molecule has 0 aromatic carbocycles. The first-order chi connectivity index (χ1) is 9.27. The van der Waals surface area contributed by atoms with E-state index in [0.29, 0.717) is 12.5 Å². The van der Waals surface area contributed by atoms with E-state index in [1.165, 1.54) is 0 Å². The molecule has 0 aliphatic heterocycles. The second kappa shape index (κ2) is 8.98. The number of amides is 2. The molecule has 0 bridgehead atoms. The van der Waals surface area contributed by atoms with Crippen LogP contribution in [0.25, 0.3) is 0 Å². The first-order valence-electron chi connectivity index (χ1n) is 7.85. The van der Waals surface area contributed by atoms with Gasteiger partial charge in [-0.1, -0.05) is 27.7 Å². The molecule has 0 spiro atoms. The average Bonchev–Trinajstić information content (AvgIpc) is 2.36. The summed E-state index contributed by atoms with van der Waals surface area (Å²) in [5.41, 5.74) is -0.985. The summed E-state index contributed by atoms with van der Waals surface area (Å²) < 4.78 is 0. The summed E-state index contributed by atoms with van der Waals surface area (Å²) in [5, 5.41) is 2.89. The quantitative estimate of drug-likeness (QED) is 0.662. The van der Waals surface area contributed by atoms with Gasteiger partial charge in [0.2, 0.25) is 11.8 Å². The highest BCUT2D eigenvalue weighted by Gasteiger charge is 2.38. The van der Waals surface area contributed by atoms with Crippen molar-refractivity contribution >= 4 is 11.8 Å². The lowest BCUT2D eigenvalue weighted by Gasteiger charge is -2.31. The fourth-order valence-corrected chi connectivity index (χ4v) is 2.04. The minimum atomic E-state index is -0.985. The van der Waals surface area contributed by atoms with E-state index in [4.69, 9.17) is 0 Å². The highest BCUT2D eigenvalue weighted by molar-refractivity contribution is 6.04. The fraction of sp³-hybridized carbons (Fsp3) is 0.875. The summed E-state index contributed by atoms with van der Waals surface area (Å²) in [4.78, 5) is 26.6. The number of rotatable bonds is 9. The van der Waals surface area contributed by atoms with Crippen LogP contribution < -0.4 is 5.32 Å². The molecule has 0 aliphatic carbocycles. The second-order valence-corrected chi connectivity index (χ2v) is 6.36. The summed E-state index contributed by atoms with van der Waals surface area (Å²) in [6.45, 7) is 13.8. The van der Waals surface area contributed by atoms with Crippen LogP contribution in [-0.4, -0.2) is 36.3 Å². The predicted molar refractivity (Wildman–Crippen MR) is 83.4 cm³/mol. The van der Waals surface area contributed by atoms with Gasteiger partial charge in [-0.15, -0.1) is 0 Å². The van der Waals surface area contributed by atoms with Crippen LogP contribution in [0.5, 0.6) is 0 Å². The van der Waals surface area contributed by atoms with Crippen molar-refractivity contribution in [3.63, 3.8) is 0 Å². The number of nitrogens with one attached hydrogen (secondary N) is 1. The molecule has 0 rings (SSSR count). The van der Waals surface area contributed by atoms with Gasteiger partial charge < -0.3 is 10.2 Å². The monoisotopic (exact) mass is 284 g/mol. The number of carbonyl (C=O) groups excluding carboxylic acids is 2. The molecule has 0 unspecified atom stereocenters. The summed E-state index contributed by atoms with van der Waals surface area (Å²) in [5.74, 6) is 0.314. The predicted octanol–water partition coefficient (Wildman–Crippen LogP) is 2.82. The van der Waals surface area contributed by atoms with Gasteiger partial charge in [0.05, 0.1) is 0 Å². The molecule has 0 atom stereocenters. The Kier molecular flexibility index (Phi) is 8.51. The lowest BCUT2D eigenvalue weighted by atomic mass is 9.90. The molecule has 0 saturated carbocycles. The molecule has 118 valence electrons. The Morgan fingerprint density at radius 3 is 2.00 bits per heavy atom. The van der Waals surface area contributed by atoms with E-state index in [1.54, 1.807) is 13.8 Å². The SMILES string of the molecule is CCCN(CCC)C(=O)C(C)(C)C(=O)NCCC(C)C. The molecular weight excluding hydrogens is 252 g/mol. The van der Waals surface area contributed by atoms with Crippen molar-refractivity contribution in [3.05, 3.63) is 0 Å². The van der Waals surface area contributed by atoms with Crippen LogP contribution in [-0.2, 0) is 9.59 Å². The second-order valence-electron chi connectivity index (χ2n) is 6.36. The zero-order valence-corrected chi connectivity index (χ0v) is 14.1. The zero-order valence-electron chi connectivity index (χ0n) is 14.1. The van der Waals surface area contributed by atoms with Crippen molar-refractivity contribution in [1.29, 1.82) is 0 Å². The molecule has 20 heavy (non-hydrogen) atoms. The maximum Gasteiger partial charge on any atom is 0.237 e. The van der Waals surface area contributed by atoms with E-state index < -0.39 is 5.41 Å². The zero-order chi connectivity index (χ0) is 15.8. The first-order valence-corrected chi connectivity index (χ1v) is 7.85. The number of hydrogen-bond acceptors (Lipinski definition) is 2. The van der Waals surface area contributed by atoms with Gasteiger partial charge in [-0.3, -0.25) is 9.59 Å². The van der Waals surface area contributed by atoms with Crippen LogP contribution in [0, 0.1) is 11.3 Å². The van der Waals surface area contributed by atoms with Gasteiger partial charge in [-0.25, -0.2) is 0 Å². The Bertz CT molecular complexity index is 306. The van der Waals surface area contributed by atoms with Crippen LogP contribution in [0.15, 0.2) is 0 Å². The Labute approximate surface area is 124 Å².